The first-order valence-corrected chi connectivity index (χ1v) is 15.3. The SMILES string of the molecule is COC[C@H]1CC[C@@](O)(CCC[C@@H]2CC[C@H]3[C@@H]4CC[C@H]5C[C@](O)(C(F)(F)F)CC[C@]5(C)[C@H]4CC[C@]23C)CC1. The third-order valence-corrected chi connectivity index (χ3v) is 13.1. The Labute approximate surface area is 222 Å². The van der Waals surface area contributed by atoms with Crippen molar-refractivity contribution in [2.24, 2.45) is 46.3 Å². The van der Waals surface area contributed by atoms with E-state index in [-0.39, 0.29) is 24.2 Å². The van der Waals surface area contributed by atoms with Crippen molar-refractivity contribution in [2.75, 3.05) is 13.7 Å². The van der Waals surface area contributed by atoms with E-state index in [1.54, 1.807) is 7.11 Å². The van der Waals surface area contributed by atoms with Crippen LogP contribution in [0.1, 0.15) is 117 Å². The van der Waals surface area contributed by atoms with E-state index >= 15 is 0 Å². The third kappa shape index (κ3) is 4.92. The average Bonchev–Trinajstić information content (AvgIpc) is 3.17. The molecule has 0 spiro atoms. The van der Waals surface area contributed by atoms with Gasteiger partial charge in [0.1, 0.15) is 0 Å². The molecule has 8 atom stereocenters. The molecule has 0 saturated heterocycles. The van der Waals surface area contributed by atoms with E-state index in [0.29, 0.717) is 41.4 Å². The fourth-order valence-electron chi connectivity index (χ4n) is 10.6. The van der Waals surface area contributed by atoms with Crippen LogP contribution >= 0.6 is 0 Å². The van der Waals surface area contributed by atoms with Crippen LogP contribution in [0, 0.1) is 46.3 Å². The molecule has 5 rings (SSSR count). The number of halogens is 3. The Morgan fingerprint density at radius 1 is 0.811 bits per heavy atom. The van der Waals surface area contributed by atoms with Gasteiger partial charge in [-0.3, -0.25) is 0 Å². The summed E-state index contributed by atoms with van der Waals surface area (Å²) in [5.74, 6) is 3.10. The molecular formula is C31H51F3O3. The second kappa shape index (κ2) is 9.94. The van der Waals surface area contributed by atoms with Crippen molar-refractivity contribution >= 4 is 0 Å². The number of ether oxygens (including phenoxy) is 1. The van der Waals surface area contributed by atoms with E-state index in [0.717, 1.165) is 64.4 Å². The number of alkyl halides is 3. The van der Waals surface area contributed by atoms with Crippen molar-refractivity contribution in [3.8, 4) is 0 Å². The summed E-state index contributed by atoms with van der Waals surface area (Å²) in [5.41, 5.74) is -2.71. The zero-order valence-electron chi connectivity index (χ0n) is 23.4. The van der Waals surface area contributed by atoms with E-state index in [2.05, 4.69) is 13.8 Å². The second-order valence-electron chi connectivity index (χ2n) is 14.7. The summed E-state index contributed by atoms with van der Waals surface area (Å²) in [5, 5.41) is 21.6. The standard InChI is InChI=1S/C31H51F3O3/c1-27-14-12-26-24(8-6-23-19-30(36,31(32,33)34)18-17-28(23,26)2)25(27)9-7-22(27)5-4-13-29(35)15-10-21(11-16-29)20-37-3/h21-26,35-36H,4-20H2,1-3H3/t21-,22-,23+,24+,25+,26+,27-,28+,29-,30+/m1/s1. The minimum Gasteiger partial charge on any atom is -0.390 e. The van der Waals surface area contributed by atoms with E-state index in [9.17, 15) is 23.4 Å². The lowest BCUT2D eigenvalue weighted by Crippen LogP contribution is -2.59. The summed E-state index contributed by atoms with van der Waals surface area (Å²) in [7, 11) is 1.76. The minimum absolute atomic E-state index is 0.0181. The quantitative estimate of drug-likeness (QED) is 0.372. The Bertz CT molecular complexity index is 808. The Kier molecular flexibility index (Phi) is 7.58. The minimum atomic E-state index is -4.52. The van der Waals surface area contributed by atoms with Crippen molar-refractivity contribution in [3.05, 3.63) is 0 Å². The summed E-state index contributed by atoms with van der Waals surface area (Å²) in [6.45, 7) is 5.60. The number of hydrogen-bond donors (Lipinski definition) is 2. The highest BCUT2D eigenvalue weighted by Crippen LogP contribution is 2.69. The molecule has 0 bridgehead atoms. The number of rotatable bonds is 6. The van der Waals surface area contributed by atoms with E-state index in [4.69, 9.17) is 4.74 Å². The molecule has 0 heterocycles. The first-order chi connectivity index (χ1) is 17.3. The van der Waals surface area contributed by atoms with Crippen molar-refractivity contribution < 1.29 is 28.1 Å². The monoisotopic (exact) mass is 528 g/mol. The number of methoxy groups -OCH3 is 1. The molecular weight excluding hydrogens is 477 g/mol. The van der Waals surface area contributed by atoms with Crippen LogP contribution in [-0.4, -0.2) is 41.3 Å². The number of fused-ring (bicyclic) bond motifs is 5. The molecule has 37 heavy (non-hydrogen) atoms. The fraction of sp³-hybridized carbons (Fsp3) is 1.00. The Morgan fingerprint density at radius 2 is 1.51 bits per heavy atom. The second-order valence-corrected chi connectivity index (χ2v) is 14.7. The molecule has 0 unspecified atom stereocenters. The topological polar surface area (TPSA) is 49.7 Å². The van der Waals surface area contributed by atoms with Gasteiger partial charge in [-0.15, -0.1) is 0 Å². The predicted molar refractivity (Wildman–Crippen MR) is 139 cm³/mol. The van der Waals surface area contributed by atoms with Crippen LogP contribution in [-0.2, 0) is 4.74 Å². The van der Waals surface area contributed by atoms with Gasteiger partial charge in [0.25, 0.3) is 0 Å². The number of hydrogen-bond acceptors (Lipinski definition) is 3. The van der Waals surface area contributed by atoms with Crippen molar-refractivity contribution in [3.63, 3.8) is 0 Å². The van der Waals surface area contributed by atoms with Gasteiger partial charge in [-0.2, -0.15) is 13.2 Å². The van der Waals surface area contributed by atoms with Crippen LogP contribution in [0.3, 0.4) is 0 Å². The molecule has 214 valence electrons. The normalized spacial score (nSPS) is 50.3. The van der Waals surface area contributed by atoms with Crippen LogP contribution in [0.25, 0.3) is 0 Å². The summed E-state index contributed by atoms with van der Waals surface area (Å²) >= 11 is 0. The first-order valence-electron chi connectivity index (χ1n) is 15.3. The van der Waals surface area contributed by atoms with Gasteiger partial charge in [-0.05, 0) is 143 Å². The molecule has 0 amide bonds. The molecule has 3 nitrogen and oxygen atoms in total. The lowest BCUT2D eigenvalue weighted by molar-refractivity contribution is -0.290. The Morgan fingerprint density at radius 3 is 2.19 bits per heavy atom. The molecule has 6 heteroatoms. The van der Waals surface area contributed by atoms with Gasteiger partial charge in [0.2, 0.25) is 0 Å². The predicted octanol–water partition coefficient (Wildman–Crippen LogP) is 7.68. The maximum absolute atomic E-state index is 13.6. The van der Waals surface area contributed by atoms with Crippen LogP contribution < -0.4 is 0 Å². The van der Waals surface area contributed by atoms with Gasteiger partial charge in [-0.1, -0.05) is 20.3 Å². The highest BCUT2D eigenvalue weighted by atomic mass is 19.4. The Hall–Kier alpha value is -0.330. The van der Waals surface area contributed by atoms with Gasteiger partial charge >= 0.3 is 6.18 Å². The van der Waals surface area contributed by atoms with E-state index < -0.39 is 17.4 Å². The molecule has 0 radical (unpaired) electrons. The van der Waals surface area contributed by atoms with Crippen molar-refractivity contribution in [2.45, 2.75) is 134 Å². The highest BCUT2D eigenvalue weighted by molar-refractivity contribution is 5.11. The molecule has 5 aliphatic carbocycles. The zero-order chi connectivity index (χ0) is 26.7. The van der Waals surface area contributed by atoms with Gasteiger partial charge < -0.3 is 14.9 Å². The largest absolute Gasteiger partial charge is 0.417 e. The summed E-state index contributed by atoms with van der Waals surface area (Å²) in [6.07, 6.45) is 9.63. The van der Waals surface area contributed by atoms with E-state index in [1.807, 2.05) is 0 Å². The number of aliphatic hydroxyl groups is 2. The average molecular weight is 529 g/mol. The van der Waals surface area contributed by atoms with Crippen LogP contribution in [0.2, 0.25) is 0 Å². The molecule has 0 aliphatic heterocycles. The maximum atomic E-state index is 13.6. The molecule has 0 aromatic carbocycles. The van der Waals surface area contributed by atoms with Gasteiger partial charge in [-0.25, -0.2) is 0 Å². The molecule has 0 aromatic rings. The third-order valence-electron chi connectivity index (χ3n) is 13.1. The van der Waals surface area contributed by atoms with Gasteiger partial charge in [0, 0.05) is 13.7 Å². The van der Waals surface area contributed by atoms with Crippen molar-refractivity contribution in [1.29, 1.82) is 0 Å². The maximum Gasteiger partial charge on any atom is 0.417 e. The zero-order valence-corrected chi connectivity index (χ0v) is 23.4. The van der Waals surface area contributed by atoms with Crippen LogP contribution in [0.5, 0.6) is 0 Å². The van der Waals surface area contributed by atoms with Crippen LogP contribution in [0.15, 0.2) is 0 Å². The Balaban J connectivity index is 1.18. The molecule has 5 fully saturated rings. The van der Waals surface area contributed by atoms with Crippen molar-refractivity contribution in [1.82, 2.24) is 0 Å². The van der Waals surface area contributed by atoms with Gasteiger partial charge in [0.15, 0.2) is 5.60 Å². The summed E-state index contributed by atoms with van der Waals surface area (Å²) in [6, 6.07) is 0. The molecule has 5 aliphatic rings. The first kappa shape index (κ1) is 28.2. The highest BCUT2D eigenvalue weighted by Gasteiger charge is 2.64. The van der Waals surface area contributed by atoms with Gasteiger partial charge in [0.05, 0.1) is 5.60 Å². The summed E-state index contributed by atoms with van der Waals surface area (Å²) < 4.78 is 46.2. The van der Waals surface area contributed by atoms with Crippen LogP contribution in [0.4, 0.5) is 13.2 Å². The molecule has 5 saturated carbocycles. The lowest BCUT2D eigenvalue weighted by Gasteiger charge is -2.62. The molecule has 0 aromatic heterocycles. The summed E-state index contributed by atoms with van der Waals surface area (Å²) in [4.78, 5) is 0. The van der Waals surface area contributed by atoms with E-state index in [1.165, 1.54) is 25.7 Å². The molecule has 2 N–H and O–H groups in total. The smallest absolute Gasteiger partial charge is 0.390 e. The fourth-order valence-corrected chi connectivity index (χ4v) is 10.6. The lowest BCUT2D eigenvalue weighted by atomic mass is 9.43.